The number of amides is 1. The first-order valence-corrected chi connectivity index (χ1v) is 12.1. The number of pyridine rings is 1. The fourth-order valence-corrected chi connectivity index (χ4v) is 5.14. The molecule has 0 radical (unpaired) electrons. The number of fused-ring (bicyclic) bond motifs is 2. The Morgan fingerprint density at radius 3 is 2.58 bits per heavy atom. The summed E-state index contributed by atoms with van der Waals surface area (Å²) in [5, 5.41) is 6.40. The molecule has 0 saturated carbocycles. The van der Waals surface area contributed by atoms with Crippen LogP contribution in [-0.4, -0.2) is 35.0 Å². The quantitative estimate of drug-likeness (QED) is 0.333. The lowest BCUT2D eigenvalue weighted by Crippen LogP contribution is -2.30. The maximum atomic E-state index is 12.8. The summed E-state index contributed by atoms with van der Waals surface area (Å²) < 4.78 is 6.46. The lowest BCUT2D eigenvalue weighted by molar-refractivity contribution is -0.124. The number of thiophene rings is 1. The number of nitrogens with one attached hydrogen (secondary N) is 1. The Morgan fingerprint density at radius 1 is 0.939 bits per heavy atom. The average Bonchev–Trinajstić information content (AvgIpc) is 3.52. The van der Waals surface area contributed by atoms with Crippen molar-refractivity contribution in [3.63, 3.8) is 0 Å². The highest BCUT2D eigenvalue weighted by atomic mass is 32.1. The Labute approximate surface area is 197 Å². The predicted octanol–water partition coefficient (Wildman–Crippen LogP) is 5.09. The van der Waals surface area contributed by atoms with Crippen LogP contribution in [0.5, 0.6) is 0 Å². The second-order valence-electron chi connectivity index (χ2n) is 7.30. The largest absolute Gasteiger partial charge is 0.452 e. The Hall–Kier alpha value is -3.62. The third kappa shape index (κ3) is 4.76. The second-order valence-corrected chi connectivity index (χ2v) is 9.36. The first-order chi connectivity index (χ1) is 16.2. The molecule has 1 amide bonds. The van der Waals surface area contributed by atoms with Crippen LogP contribution in [0.4, 0.5) is 0 Å². The Bertz CT molecular complexity index is 1410. The van der Waals surface area contributed by atoms with E-state index in [0.29, 0.717) is 35.1 Å². The minimum Gasteiger partial charge on any atom is -0.452 e. The van der Waals surface area contributed by atoms with E-state index in [0.717, 1.165) is 20.1 Å². The summed E-state index contributed by atoms with van der Waals surface area (Å²) in [6, 6.07) is 21.0. The van der Waals surface area contributed by atoms with Gasteiger partial charge < -0.3 is 10.1 Å². The molecule has 2 aromatic carbocycles. The topological polar surface area (TPSA) is 81.2 Å². The predicted molar refractivity (Wildman–Crippen MR) is 132 cm³/mol. The number of esters is 1. The molecule has 33 heavy (non-hydrogen) atoms. The van der Waals surface area contributed by atoms with Gasteiger partial charge in [-0.1, -0.05) is 36.4 Å². The molecule has 5 aromatic rings. The maximum Gasteiger partial charge on any atom is 0.339 e. The van der Waals surface area contributed by atoms with Crippen molar-refractivity contribution in [2.75, 3.05) is 13.2 Å². The molecule has 0 unspecified atom stereocenters. The number of ether oxygens (including phenoxy) is 1. The van der Waals surface area contributed by atoms with Crippen molar-refractivity contribution >= 4 is 55.7 Å². The number of para-hydroxylation sites is 2. The monoisotopic (exact) mass is 473 g/mol. The summed E-state index contributed by atoms with van der Waals surface area (Å²) in [6.07, 6.45) is 0.623. The van der Waals surface area contributed by atoms with E-state index in [1.807, 2.05) is 66.0 Å². The van der Waals surface area contributed by atoms with E-state index in [9.17, 15) is 9.59 Å². The second kappa shape index (κ2) is 9.48. The molecular formula is C25H19N3O3S2. The van der Waals surface area contributed by atoms with Gasteiger partial charge in [0.2, 0.25) is 0 Å². The van der Waals surface area contributed by atoms with E-state index in [1.54, 1.807) is 28.7 Å². The average molecular weight is 474 g/mol. The van der Waals surface area contributed by atoms with Crippen molar-refractivity contribution in [3.05, 3.63) is 82.7 Å². The SMILES string of the molecule is O=C(COC(=O)c1cc(-c2cccs2)nc2ccccc12)NCCc1nc2ccccc2s1. The molecule has 8 heteroatoms. The van der Waals surface area contributed by atoms with Crippen LogP contribution in [0, 0.1) is 0 Å². The number of rotatable bonds is 7. The first-order valence-electron chi connectivity index (χ1n) is 10.4. The molecule has 6 nitrogen and oxygen atoms in total. The van der Waals surface area contributed by atoms with E-state index >= 15 is 0 Å². The number of hydrogen-bond acceptors (Lipinski definition) is 7. The van der Waals surface area contributed by atoms with Crippen LogP contribution in [-0.2, 0) is 16.0 Å². The van der Waals surface area contributed by atoms with Gasteiger partial charge in [-0.3, -0.25) is 4.79 Å². The van der Waals surface area contributed by atoms with Gasteiger partial charge in [0, 0.05) is 18.4 Å². The molecular weight excluding hydrogens is 454 g/mol. The molecule has 0 atom stereocenters. The van der Waals surface area contributed by atoms with Gasteiger partial charge >= 0.3 is 5.97 Å². The molecule has 0 aliphatic heterocycles. The van der Waals surface area contributed by atoms with Crippen molar-refractivity contribution < 1.29 is 14.3 Å². The van der Waals surface area contributed by atoms with Crippen molar-refractivity contribution in [1.29, 1.82) is 0 Å². The molecule has 3 aromatic heterocycles. The fourth-order valence-electron chi connectivity index (χ4n) is 3.49. The minimum absolute atomic E-state index is 0.344. The Morgan fingerprint density at radius 2 is 1.76 bits per heavy atom. The fraction of sp³-hybridized carbons (Fsp3) is 0.120. The van der Waals surface area contributed by atoms with E-state index in [-0.39, 0.29) is 12.5 Å². The number of carbonyl (C=O) groups is 2. The van der Waals surface area contributed by atoms with Gasteiger partial charge in [-0.15, -0.1) is 22.7 Å². The van der Waals surface area contributed by atoms with Crippen LogP contribution in [0.15, 0.2) is 72.1 Å². The van der Waals surface area contributed by atoms with Gasteiger partial charge in [-0.25, -0.2) is 14.8 Å². The lowest BCUT2D eigenvalue weighted by Gasteiger charge is -2.09. The summed E-state index contributed by atoms with van der Waals surface area (Å²) in [6.45, 7) is 0.0839. The lowest BCUT2D eigenvalue weighted by atomic mass is 10.1. The van der Waals surface area contributed by atoms with Crippen LogP contribution in [0.3, 0.4) is 0 Å². The molecule has 5 rings (SSSR count). The van der Waals surface area contributed by atoms with E-state index in [4.69, 9.17) is 4.74 Å². The first kappa shape index (κ1) is 21.2. The number of nitrogens with zero attached hydrogens (tertiary/aromatic N) is 2. The molecule has 0 aliphatic carbocycles. The van der Waals surface area contributed by atoms with Crippen molar-refractivity contribution in [2.24, 2.45) is 0 Å². The highest BCUT2D eigenvalue weighted by molar-refractivity contribution is 7.18. The summed E-state index contributed by atoms with van der Waals surface area (Å²) in [7, 11) is 0. The van der Waals surface area contributed by atoms with Crippen molar-refractivity contribution in [1.82, 2.24) is 15.3 Å². The molecule has 0 saturated heterocycles. The number of benzene rings is 2. The Balaban J connectivity index is 1.22. The van der Waals surface area contributed by atoms with Crippen molar-refractivity contribution in [2.45, 2.75) is 6.42 Å². The van der Waals surface area contributed by atoms with E-state index in [2.05, 4.69) is 15.3 Å². The molecule has 0 aliphatic rings. The van der Waals surface area contributed by atoms with Crippen LogP contribution in [0.25, 0.3) is 31.7 Å². The van der Waals surface area contributed by atoms with E-state index in [1.165, 1.54) is 0 Å². The molecule has 0 spiro atoms. The summed E-state index contributed by atoms with van der Waals surface area (Å²) >= 11 is 3.16. The van der Waals surface area contributed by atoms with Crippen LogP contribution in [0.1, 0.15) is 15.4 Å². The Kier molecular flexibility index (Phi) is 6.10. The van der Waals surface area contributed by atoms with Crippen LogP contribution < -0.4 is 5.32 Å². The third-order valence-corrected chi connectivity index (χ3v) is 7.03. The summed E-state index contributed by atoms with van der Waals surface area (Å²) in [5.41, 5.74) is 2.77. The maximum absolute atomic E-state index is 12.8. The normalized spacial score (nSPS) is 11.0. The molecule has 1 N–H and O–H groups in total. The number of carbonyl (C=O) groups excluding carboxylic acids is 2. The molecule has 0 bridgehead atoms. The smallest absolute Gasteiger partial charge is 0.339 e. The van der Waals surface area contributed by atoms with Gasteiger partial charge in [0.25, 0.3) is 5.91 Å². The van der Waals surface area contributed by atoms with Crippen LogP contribution in [0.2, 0.25) is 0 Å². The zero-order valence-corrected chi connectivity index (χ0v) is 19.1. The highest BCUT2D eigenvalue weighted by Gasteiger charge is 2.17. The van der Waals surface area contributed by atoms with Crippen molar-refractivity contribution in [3.8, 4) is 10.6 Å². The minimum atomic E-state index is -0.548. The van der Waals surface area contributed by atoms with Gasteiger partial charge in [-0.05, 0) is 35.7 Å². The summed E-state index contributed by atoms with van der Waals surface area (Å²) in [4.78, 5) is 35.3. The highest BCUT2D eigenvalue weighted by Crippen LogP contribution is 2.28. The number of aromatic nitrogens is 2. The number of hydrogen-bond donors (Lipinski definition) is 1. The summed E-state index contributed by atoms with van der Waals surface area (Å²) in [5.74, 6) is -0.894. The van der Waals surface area contributed by atoms with Crippen LogP contribution >= 0.6 is 22.7 Å². The third-order valence-electron chi connectivity index (χ3n) is 5.04. The van der Waals surface area contributed by atoms with Gasteiger partial charge in [0.15, 0.2) is 6.61 Å². The van der Waals surface area contributed by atoms with Gasteiger partial charge in [0.05, 0.1) is 36.9 Å². The molecule has 3 heterocycles. The zero-order valence-electron chi connectivity index (χ0n) is 17.5. The number of thiazole rings is 1. The molecule has 164 valence electrons. The van der Waals surface area contributed by atoms with Gasteiger partial charge in [-0.2, -0.15) is 0 Å². The molecule has 0 fully saturated rings. The standard InChI is InChI=1S/C25H19N3O3S2/c29-23(26-12-11-24-28-19-8-3-4-9-22(19)33-24)15-31-25(30)17-14-20(21-10-5-13-32-21)27-18-7-2-1-6-16(17)18/h1-10,13-14H,11-12,15H2,(H,26,29). The zero-order chi connectivity index (χ0) is 22.6. The van der Waals surface area contributed by atoms with Gasteiger partial charge in [0.1, 0.15) is 0 Å². The van der Waals surface area contributed by atoms with E-state index < -0.39 is 5.97 Å².